The van der Waals surface area contributed by atoms with Crippen LogP contribution in [0.5, 0.6) is 0 Å². The Morgan fingerprint density at radius 1 is 1.18 bits per heavy atom. The molecular formula is C15H19N5O2. The molecule has 7 heteroatoms. The Morgan fingerprint density at radius 3 is 2.36 bits per heavy atom. The number of rotatable bonds is 4. The van der Waals surface area contributed by atoms with E-state index >= 15 is 0 Å². The Bertz CT molecular complexity index is 703. The van der Waals surface area contributed by atoms with Crippen LogP contribution in [0.2, 0.25) is 0 Å². The number of benzene rings is 1. The van der Waals surface area contributed by atoms with Crippen LogP contribution in [0.1, 0.15) is 28.7 Å². The van der Waals surface area contributed by atoms with Gasteiger partial charge in [-0.2, -0.15) is 5.10 Å². The molecule has 0 radical (unpaired) electrons. The number of primary amides is 1. The zero-order chi connectivity index (χ0) is 16.3. The van der Waals surface area contributed by atoms with Crippen molar-refractivity contribution in [3.05, 3.63) is 41.2 Å². The monoisotopic (exact) mass is 301 g/mol. The maximum atomic E-state index is 12.1. The molecule has 2 rings (SSSR count). The zero-order valence-corrected chi connectivity index (χ0v) is 12.8. The number of aromatic nitrogens is 2. The van der Waals surface area contributed by atoms with Crippen molar-refractivity contribution < 1.29 is 9.59 Å². The van der Waals surface area contributed by atoms with Gasteiger partial charge >= 0.3 is 6.03 Å². The molecule has 2 aromatic rings. The van der Waals surface area contributed by atoms with Crippen LogP contribution < -0.4 is 16.4 Å². The smallest absolute Gasteiger partial charge is 0.323 e. The van der Waals surface area contributed by atoms with Gasteiger partial charge in [-0.05, 0) is 32.9 Å². The Morgan fingerprint density at radius 2 is 1.82 bits per heavy atom. The third-order valence-electron chi connectivity index (χ3n) is 3.21. The second-order valence-corrected chi connectivity index (χ2v) is 4.93. The molecule has 0 bridgehead atoms. The number of hydrogen-bond donors (Lipinski definition) is 3. The van der Waals surface area contributed by atoms with E-state index in [1.807, 2.05) is 26.0 Å². The van der Waals surface area contributed by atoms with Crippen molar-refractivity contribution in [3.63, 3.8) is 0 Å². The van der Waals surface area contributed by atoms with Gasteiger partial charge in [0.1, 0.15) is 5.69 Å². The summed E-state index contributed by atoms with van der Waals surface area (Å²) in [6, 6.07) is 6.93. The first-order chi connectivity index (χ1) is 10.4. The molecule has 0 saturated heterocycles. The molecule has 116 valence electrons. The van der Waals surface area contributed by atoms with Gasteiger partial charge < -0.3 is 16.4 Å². The predicted molar refractivity (Wildman–Crippen MR) is 85.0 cm³/mol. The van der Waals surface area contributed by atoms with E-state index in [0.717, 1.165) is 5.56 Å². The molecule has 22 heavy (non-hydrogen) atoms. The van der Waals surface area contributed by atoms with Crippen molar-refractivity contribution >= 4 is 23.3 Å². The molecule has 3 amide bonds. The van der Waals surface area contributed by atoms with Gasteiger partial charge in [0, 0.05) is 12.2 Å². The number of aryl methyl sites for hydroxylation is 3. The Hall–Kier alpha value is -2.83. The summed E-state index contributed by atoms with van der Waals surface area (Å²) < 4.78 is 1.47. The summed E-state index contributed by atoms with van der Waals surface area (Å²) in [6.07, 6.45) is 0. The highest BCUT2D eigenvalue weighted by Gasteiger charge is 2.20. The number of carbonyl (C=O) groups excluding carboxylic acids is 2. The molecule has 7 nitrogen and oxygen atoms in total. The van der Waals surface area contributed by atoms with Gasteiger partial charge in [0.2, 0.25) is 0 Å². The van der Waals surface area contributed by atoms with Crippen LogP contribution in [-0.4, -0.2) is 21.7 Å². The van der Waals surface area contributed by atoms with Crippen LogP contribution in [0.4, 0.5) is 16.2 Å². The maximum absolute atomic E-state index is 12.1. The van der Waals surface area contributed by atoms with Gasteiger partial charge in [-0.1, -0.05) is 17.7 Å². The lowest BCUT2D eigenvalue weighted by Crippen LogP contribution is -2.24. The van der Waals surface area contributed by atoms with Gasteiger partial charge in [0.15, 0.2) is 0 Å². The first-order valence-electron chi connectivity index (χ1n) is 6.94. The number of anilines is 2. The van der Waals surface area contributed by atoms with E-state index in [1.165, 1.54) is 4.68 Å². The molecule has 0 saturated carbocycles. The fraction of sp³-hybridized carbons (Fsp3) is 0.267. The molecule has 1 heterocycles. The maximum Gasteiger partial charge on any atom is 0.323 e. The van der Waals surface area contributed by atoms with E-state index in [4.69, 9.17) is 5.73 Å². The Balaban J connectivity index is 2.19. The van der Waals surface area contributed by atoms with Crippen molar-refractivity contribution in [2.75, 3.05) is 10.6 Å². The number of nitrogens with zero attached hydrogens (tertiary/aromatic N) is 2. The lowest BCUT2D eigenvalue weighted by atomic mass is 10.2. The van der Waals surface area contributed by atoms with Crippen molar-refractivity contribution in [3.8, 4) is 0 Å². The first kappa shape index (κ1) is 15.6. The van der Waals surface area contributed by atoms with Crippen LogP contribution in [0.15, 0.2) is 24.3 Å². The van der Waals surface area contributed by atoms with Crippen LogP contribution in [0, 0.1) is 13.8 Å². The molecule has 0 fully saturated rings. The predicted octanol–water partition coefficient (Wildman–Crippen LogP) is 2.26. The van der Waals surface area contributed by atoms with Gasteiger partial charge in [-0.3, -0.25) is 9.48 Å². The number of hydrogen-bond acceptors (Lipinski definition) is 3. The van der Waals surface area contributed by atoms with E-state index in [2.05, 4.69) is 15.7 Å². The molecule has 0 aliphatic carbocycles. The van der Waals surface area contributed by atoms with E-state index in [9.17, 15) is 9.59 Å². The van der Waals surface area contributed by atoms with Gasteiger partial charge in [-0.15, -0.1) is 0 Å². The Labute approximate surface area is 128 Å². The second-order valence-electron chi connectivity index (χ2n) is 4.93. The minimum absolute atomic E-state index is 0.194. The van der Waals surface area contributed by atoms with Crippen molar-refractivity contribution in [2.24, 2.45) is 5.73 Å². The number of urea groups is 1. The minimum Gasteiger partial charge on any atom is -0.364 e. The number of carbonyl (C=O) groups is 2. The fourth-order valence-corrected chi connectivity index (χ4v) is 2.12. The average molecular weight is 301 g/mol. The molecule has 4 N–H and O–H groups in total. The SMILES string of the molecule is CCn1nc(C)c(NC(=O)Nc2ccc(C)cc2)c1C(N)=O. The van der Waals surface area contributed by atoms with Crippen LogP contribution in [0.3, 0.4) is 0 Å². The summed E-state index contributed by atoms with van der Waals surface area (Å²) in [4.78, 5) is 23.7. The quantitative estimate of drug-likeness (QED) is 0.807. The van der Waals surface area contributed by atoms with E-state index in [1.54, 1.807) is 19.1 Å². The highest BCUT2D eigenvalue weighted by molar-refractivity contribution is 6.05. The lowest BCUT2D eigenvalue weighted by molar-refractivity contribution is 0.0991. The normalized spacial score (nSPS) is 10.3. The Kier molecular flexibility index (Phi) is 4.45. The first-order valence-corrected chi connectivity index (χ1v) is 6.94. The topological polar surface area (TPSA) is 102 Å². The highest BCUT2D eigenvalue weighted by atomic mass is 16.2. The zero-order valence-electron chi connectivity index (χ0n) is 12.8. The summed E-state index contributed by atoms with van der Waals surface area (Å²) in [5, 5.41) is 9.54. The highest BCUT2D eigenvalue weighted by Crippen LogP contribution is 2.20. The summed E-state index contributed by atoms with van der Waals surface area (Å²) in [7, 11) is 0. The lowest BCUT2D eigenvalue weighted by Gasteiger charge is -2.09. The minimum atomic E-state index is -0.631. The molecule has 0 atom stereocenters. The summed E-state index contributed by atoms with van der Waals surface area (Å²) in [5.74, 6) is -0.631. The van der Waals surface area contributed by atoms with Gasteiger partial charge in [0.05, 0.1) is 11.4 Å². The second kappa shape index (κ2) is 6.30. The molecule has 0 aliphatic rings. The molecule has 1 aromatic carbocycles. The van der Waals surface area contributed by atoms with Crippen molar-refractivity contribution in [2.45, 2.75) is 27.3 Å². The summed E-state index contributed by atoms with van der Waals surface area (Å²) >= 11 is 0. The van der Waals surface area contributed by atoms with E-state index in [-0.39, 0.29) is 5.69 Å². The standard InChI is InChI=1S/C15H19N5O2/c1-4-20-13(14(16)21)12(10(3)19-20)18-15(22)17-11-7-5-9(2)6-8-11/h5-8H,4H2,1-3H3,(H2,16,21)(H2,17,18,22). The number of amides is 3. The number of nitrogens with one attached hydrogen (secondary N) is 2. The average Bonchev–Trinajstić information content (AvgIpc) is 2.78. The molecule has 0 aliphatic heterocycles. The largest absolute Gasteiger partial charge is 0.364 e. The third-order valence-corrected chi connectivity index (χ3v) is 3.21. The molecular weight excluding hydrogens is 282 g/mol. The van der Waals surface area contributed by atoms with Gasteiger partial charge in [0.25, 0.3) is 5.91 Å². The molecule has 0 unspecified atom stereocenters. The number of nitrogens with two attached hydrogens (primary N) is 1. The molecule has 0 spiro atoms. The van der Waals surface area contributed by atoms with Crippen LogP contribution in [0.25, 0.3) is 0 Å². The van der Waals surface area contributed by atoms with Crippen LogP contribution in [-0.2, 0) is 6.54 Å². The fourth-order valence-electron chi connectivity index (χ4n) is 2.12. The van der Waals surface area contributed by atoms with E-state index in [0.29, 0.717) is 23.6 Å². The van der Waals surface area contributed by atoms with Crippen molar-refractivity contribution in [1.29, 1.82) is 0 Å². The third kappa shape index (κ3) is 3.25. The van der Waals surface area contributed by atoms with Crippen LogP contribution >= 0.6 is 0 Å². The molecule has 1 aromatic heterocycles. The van der Waals surface area contributed by atoms with Gasteiger partial charge in [-0.25, -0.2) is 4.79 Å². The summed E-state index contributed by atoms with van der Waals surface area (Å²) in [6.45, 7) is 6.00. The summed E-state index contributed by atoms with van der Waals surface area (Å²) in [5.41, 5.74) is 8.20. The van der Waals surface area contributed by atoms with E-state index < -0.39 is 11.9 Å². The van der Waals surface area contributed by atoms with Crippen molar-refractivity contribution in [1.82, 2.24) is 9.78 Å².